The van der Waals surface area contributed by atoms with Gasteiger partial charge in [-0.2, -0.15) is 4.31 Å². The summed E-state index contributed by atoms with van der Waals surface area (Å²) in [6, 6.07) is 3.84. The lowest BCUT2D eigenvalue weighted by molar-refractivity contribution is -0.0640. The SMILES string of the molecule is Cc1cc(C)c(S(=O)(=O)N2CCOC(C)(C)C2)c(C)c1. The van der Waals surface area contributed by atoms with E-state index < -0.39 is 15.6 Å². The van der Waals surface area contributed by atoms with Crippen LogP contribution in [0.3, 0.4) is 0 Å². The van der Waals surface area contributed by atoms with Crippen LogP contribution >= 0.6 is 0 Å². The number of benzene rings is 1. The molecule has 0 bridgehead atoms. The van der Waals surface area contributed by atoms with E-state index in [1.807, 2.05) is 46.8 Å². The fraction of sp³-hybridized carbons (Fsp3) is 0.600. The second-order valence-corrected chi connectivity index (χ2v) is 8.05. The Balaban J connectivity index is 2.46. The molecule has 4 nitrogen and oxygen atoms in total. The fourth-order valence-corrected chi connectivity index (χ4v) is 4.87. The molecule has 0 spiro atoms. The highest BCUT2D eigenvalue weighted by Crippen LogP contribution is 2.28. The number of morpholine rings is 1. The van der Waals surface area contributed by atoms with Crippen molar-refractivity contribution in [3.05, 3.63) is 28.8 Å². The molecular weight excluding hydrogens is 274 g/mol. The van der Waals surface area contributed by atoms with Crippen molar-refractivity contribution in [2.24, 2.45) is 0 Å². The zero-order valence-corrected chi connectivity index (χ0v) is 13.7. The summed E-state index contributed by atoms with van der Waals surface area (Å²) in [6.07, 6.45) is 0. The van der Waals surface area contributed by atoms with Crippen LogP contribution in [0, 0.1) is 20.8 Å². The van der Waals surface area contributed by atoms with Crippen molar-refractivity contribution in [3.8, 4) is 0 Å². The molecule has 1 aromatic rings. The van der Waals surface area contributed by atoms with Crippen molar-refractivity contribution >= 4 is 10.0 Å². The van der Waals surface area contributed by atoms with E-state index in [1.165, 1.54) is 0 Å². The second-order valence-electron chi connectivity index (χ2n) is 6.17. The summed E-state index contributed by atoms with van der Waals surface area (Å²) >= 11 is 0. The van der Waals surface area contributed by atoms with Gasteiger partial charge in [-0.15, -0.1) is 0 Å². The van der Waals surface area contributed by atoms with E-state index in [4.69, 9.17) is 4.74 Å². The van der Waals surface area contributed by atoms with Gasteiger partial charge in [0, 0.05) is 13.1 Å². The standard InChI is InChI=1S/C15H23NO3S/c1-11-8-12(2)14(13(3)9-11)20(17,18)16-6-7-19-15(4,5)10-16/h8-9H,6-7,10H2,1-5H3. The van der Waals surface area contributed by atoms with Gasteiger partial charge in [0.05, 0.1) is 17.1 Å². The maximum absolute atomic E-state index is 12.9. The van der Waals surface area contributed by atoms with Gasteiger partial charge in [0.2, 0.25) is 10.0 Å². The lowest BCUT2D eigenvalue weighted by Crippen LogP contribution is -2.50. The van der Waals surface area contributed by atoms with E-state index in [0.29, 0.717) is 24.6 Å². The zero-order chi connectivity index (χ0) is 15.1. The molecule has 0 aromatic heterocycles. The van der Waals surface area contributed by atoms with E-state index in [9.17, 15) is 8.42 Å². The molecule has 112 valence electrons. The van der Waals surface area contributed by atoms with E-state index in [0.717, 1.165) is 16.7 Å². The van der Waals surface area contributed by atoms with Crippen molar-refractivity contribution in [3.63, 3.8) is 0 Å². The van der Waals surface area contributed by atoms with Gasteiger partial charge in [-0.3, -0.25) is 0 Å². The highest BCUT2D eigenvalue weighted by Gasteiger charge is 2.36. The molecule has 0 amide bonds. The second kappa shape index (κ2) is 5.13. The molecule has 1 fully saturated rings. The highest BCUT2D eigenvalue weighted by atomic mass is 32.2. The Morgan fingerprint density at radius 1 is 1.15 bits per heavy atom. The van der Waals surface area contributed by atoms with Gasteiger partial charge in [0.25, 0.3) is 0 Å². The Morgan fingerprint density at radius 3 is 2.20 bits per heavy atom. The normalized spacial score (nSPS) is 20.1. The molecule has 0 saturated carbocycles. The van der Waals surface area contributed by atoms with Crippen LogP contribution in [0.2, 0.25) is 0 Å². The smallest absolute Gasteiger partial charge is 0.243 e. The molecule has 20 heavy (non-hydrogen) atoms. The number of ether oxygens (including phenoxy) is 1. The van der Waals surface area contributed by atoms with Gasteiger partial charge >= 0.3 is 0 Å². The van der Waals surface area contributed by atoms with Gasteiger partial charge in [0.15, 0.2) is 0 Å². The van der Waals surface area contributed by atoms with E-state index >= 15 is 0 Å². The lowest BCUT2D eigenvalue weighted by atomic mass is 10.1. The van der Waals surface area contributed by atoms with Gasteiger partial charge in [-0.1, -0.05) is 17.7 Å². The first-order valence-corrected chi connectivity index (χ1v) is 8.29. The minimum atomic E-state index is -3.46. The predicted octanol–water partition coefficient (Wildman–Crippen LogP) is 2.41. The molecule has 0 unspecified atom stereocenters. The Bertz CT molecular complexity index is 597. The van der Waals surface area contributed by atoms with Crippen molar-refractivity contribution < 1.29 is 13.2 Å². The molecule has 2 rings (SSSR count). The largest absolute Gasteiger partial charge is 0.373 e. The van der Waals surface area contributed by atoms with Crippen LogP contribution in [0.4, 0.5) is 0 Å². The Morgan fingerprint density at radius 2 is 1.70 bits per heavy atom. The van der Waals surface area contributed by atoms with Crippen molar-refractivity contribution in [2.75, 3.05) is 19.7 Å². The zero-order valence-electron chi connectivity index (χ0n) is 12.9. The molecule has 5 heteroatoms. The van der Waals surface area contributed by atoms with Crippen LogP contribution in [0.15, 0.2) is 17.0 Å². The molecule has 1 saturated heterocycles. The fourth-order valence-electron chi connectivity index (χ4n) is 2.88. The minimum absolute atomic E-state index is 0.391. The van der Waals surface area contributed by atoms with Crippen molar-refractivity contribution in [1.29, 1.82) is 0 Å². The van der Waals surface area contributed by atoms with Crippen molar-refractivity contribution in [2.45, 2.75) is 45.1 Å². The summed E-state index contributed by atoms with van der Waals surface area (Å²) in [5.74, 6) is 0. The van der Waals surface area contributed by atoms with Crippen LogP contribution in [-0.2, 0) is 14.8 Å². The van der Waals surface area contributed by atoms with Crippen LogP contribution < -0.4 is 0 Å². The molecular formula is C15H23NO3S. The van der Waals surface area contributed by atoms with Crippen LogP contribution in [0.25, 0.3) is 0 Å². The van der Waals surface area contributed by atoms with Gasteiger partial charge in [-0.05, 0) is 45.7 Å². The highest BCUT2D eigenvalue weighted by molar-refractivity contribution is 7.89. The third-order valence-electron chi connectivity index (χ3n) is 3.59. The summed E-state index contributed by atoms with van der Waals surface area (Å²) < 4.78 is 32.9. The van der Waals surface area contributed by atoms with Gasteiger partial charge in [0.1, 0.15) is 0 Å². The average Bonchev–Trinajstić information content (AvgIpc) is 2.25. The number of hydrogen-bond donors (Lipinski definition) is 0. The average molecular weight is 297 g/mol. The number of hydrogen-bond acceptors (Lipinski definition) is 3. The third-order valence-corrected chi connectivity index (χ3v) is 5.74. The molecule has 1 aromatic carbocycles. The molecule has 0 N–H and O–H groups in total. The molecule has 0 aliphatic carbocycles. The quantitative estimate of drug-likeness (QED) is 0.842. The van der Waals surface area contributed by atoms with Gasteiger partial charge in [-0.25, -0.2) is 8.42 Å². The number of nitrogens with zero attached hydrogens (tertiary/aromatic N) is 1. The van der Waals surface area contributed by atoms with E-state index in [2.05, 4.69) is 0 Å². The third kappa shape index (κ3) is 2.90. The van der Waals surface area contributed by atoms with Crippen LogP contribution in [0.1, 0.15) is 30.5 Å². The molecule has 1 aliphatic heterocycles. The summed E-state index contributed by atoms with van der Waals surface area (Å²) in [5, 5.41) is 0. The first-order chi connectivity index (χ1) is 9.13. The molecule has 1 aliphatic rings. The van der Waals surface area contributed by atoms with Crippen molar-refractivity contribution in [1.82, 2.24) is 4.31 Å². The molecule has 0 radical (unpaired) electrons. The minimum Gasteiger partial charge on any atom is -0.373 e. The molecule has 1 heterocycles. The Kier molecular flexibility index (Phi) is 3.97. The van der Waals surface area contributed by atoms with E-state index in [1.54, 1.807) is 4.31 Å². The summed E-state index contributed by atoms with van der Waals surface area (Å²) in [4.78, 5) is 0.445. The van der Waals surface area contributed by atoms with Crippen LogP contribution in [0.5, 0.6) is 0 Å². The topological polar surface area (TPSA) is 46.6 Å². The maximum atomic E-state index is 12.9. The van der Waals surface area contributed by atoms with E-state index in [-0.39, 0.29) is 0 Å². The first-order valence-electron chi connectivity index (χ1n) is 6.85. The monoisotopic (exact) mass is 297 g/mol. The number of rotatable bonds is 2. The summed E-state index contributed by atoms with van der Waals surface area (Å²) in [5.41, 5.74) is 2.28. The lowest BCUT2D eigenvalue weighted by Gasteiger charge is -2.37. The number of aryl methyl sites for hydroxylation is 3. The van der Waals surface area contributed by atoms with Crippen LogP contribution in [-0.4, -0.2) is 38.0 Å². The summed E-state index contributed by atoms with van der Waals surface area (Å²) in [6.45, 7) is 10.8. The Labute approximate surface area is 121 Å². The number of sulfonamides is 1. The first kappa shape index (κ1) is 15.5. The Hall–Kier alpha value is -0.910. The van der Waals surface area contributed by atoms with Gasteiger partial charge < -0.3 is 4.74 Å². The molecule has 0 atom stereocenters. The maximum Gasteiger partial charge on any atom is 0.243 e. The summed E-state index contributed by atoms with van der Waals surface area (Å²) in [7, 11) is -3.46. The predicted molar refractivity (Wildman–Crippen MR) is 79.4 cm³/mol.